The molecule has 128 valence electrons. The molecule has 1 amide bonds. The Labute approximate surface area is 140 Å². The molecule has 0 radical (unpaired) electrons. The summed E-state index contributed by atoms with van der Waals surface area (Å²) in [6.45, 7) is 3.28. The van der Waals surface area contributed by atoms with Gasteiger partial charge in [0.05, 0.1) is 25.7 Å². The highest BCUT2D eigenvalue weighted by Crippen LogP contribution is 2.23. The fourth-order valence-corrected chi connectivity index (χ4v) is 3.31. The van der Waals surface area contributed by atoms with Crippen LogP contribution >= 0.6 is 0 Å². The number of aromatic amines is 1. The molecular weight excluding hydrogens is 308 g/mol. The molecule has 0 aliphatic carbocycles. The molecule has 2 aromatic rings. The molecule has 1 aliphatic heterocycles. The number of H-pyrrole nitrogens is 1. The van der Waals surface area contributed by atoms with Crippen molar-refractivity contribution in [2.24, 2.45) is 0 Å². The molecule has 6 nitrogen and oxygen atoms in total. The summed E-state index contributed by atoms with van der Waals surface area (Å²) in [6, 6.07) is 5.76. The monoisotopic (exact) mass is 330 g/mol. The van der Waals surface area contributed by atoms with E-state index in [1.54, 1.807) is 4.90 Å². The number of carbonyl (C=O) groups is 2. The zero-order valence-corrected chi connectivity index (χ0v) is 13.7. The molecule has 24 heavy (non-hydrogen) atoms. The Morgan fingerprint density at radius 3 is 3.04 bits per heavy atom. The number of carboxylic acids is 1. The molecule has 2 N–H and O–H groups in total. The molecule has 3 rings (SSSR count). The third-order valence-corrected chi connectivity index (χ3v) is 4.58. The fourth-order valence-electron chi connectivity index (χ4n) is 3.31. The third-order valence-electron chi connectivity index (χ3n) is 4.58. The minimum atomic E-state index is -0.907. The zero-order valence-electron chi connectivity index (χ0n) is 13.7. The number of morpholine rings is 1. The molecule has 0 spiro atoms. The van der Waals surface area contributed by atoms with Gasteiger partial charge in [-0.1, -0.05) is 18.2 Å². The van der Waals surface area contributed by atoms with Gasteiger partial charge in [-0.25, -0.2) is 0 Å². The van der Waals surface area contributed by atoms with Crippen LogP contribution in [-0.2, 0) is 20.7 Å². The van der Waals surface area contributed by atoms with E-state index < -0.39 is 5.97 Å². The molecule has 1 atom stereocenters. The highest BCUT2D eigenvalue weighted by molar-refractivity contribution is 5.86. The van der Waals surface area contributed by atoms with Crippen molar-refractivity contribution >= 4 is 22.8 Å². The number of ether oxygens (including phenoxy) is 1. The topological polar surface area (TPSA) is 82.6 Å². The van der Waals surface area contributed by atoms with E-state index >= 15 is 0 Å². The van der Waals surface area contributed by atoms with E-state index in [1.807, 2.05) is 12.3 Å². The summed E-state index contributed by atoms with van der Waals surface area (Å²) >= 11 is 0. The lowest BCUT2D eigenvalue weighted by Crippen LogP contribution is -2.49. The maximum Gasteiger partial charge on any atom is 0.305 e. The van der Waals surface area contributed by atoms with Gasteiger partial charge in [0.1, 0.15) is 0 Å². The Kier molecular flexibility index (Phi) is 4.85. The standard InChI is InChI=1S/C18H22N2O4/c1-12-3-2-4-15-13(10-19-18(12)15)5-6-16(21)20-7-8-24-11-14(20)9-17(22)23/h2-4,10,14,19H,5-9,11H2,1H3,(H,22,23)/t14-/m1/s1. The number of aryl methyl sites for hydroxylation is 2. The van der Waals surface area contributed by atoms with E-state index in [1.165, 1.54) is 5.56 Å². The number of aromatic nitrogens is 1. The lowest BCUT2D eigenvalue weighted by atomic mass is 10.0. The Morgan fingerprint density at radius 2 is 2.25 bits per heavy atom. The van der Waals surface area contributed by atoms with Gasteiger partial charge in [0.2, 0.25) is 5.91 Å². The average Bonchev–Trinajstić information content (AvgIpc) is 2.97. The third kappa shape index (κ3) is 3.43. The molecule has 1 aliphatic rings. The number of hydrogen-bond donors (Lipinski definition) is 2. The van der Waals surface area contributed by atoms with E-state index in [0.29, 0.717) is 32.6 Å². The Balaban J connectivity index is 1.67. The maximum atomic E-state index is 12.6. The molecule has 2 heterocycles. The van der Waals surface area contributed by atoms with Crippen molar-refractivity contribution in [2.75, 3.05) is 19.8 Å². The van der Waals surface area contributed by atoms with Gasteiger partial charge in [0.15, 0.2) is 0 Å². The first kappa shape index (κ1) is 16.5. The number of nitrogens with zero attached hydrogens (tertiary/aromatic N) is 1. The van der Waals surface area contributed by atoms with Crippen LogP contribution in [0.25, 0.3) is 10.9 Å². The summed E-state index contributed by atoms with van der Waals surface area (Å²) in [7, 11) is 0. The first-order chi connectivity index (χ1) is 11.6. The molecule has 1 saturated heterocycles. The smallest absolute Gasteiger partial charge is 0.305 e. The van der Waals surface area contributed by atoms with Gasteiger partial charge in [-0.05, 0) is 24.5 Å². The summed E-state index contributed by atoms with van der Waals surface area (Å²) in [5, 5.41) is 10.1. The number of para-hydroxylation sites is 1. The Morgan fingerprint density at radius 1 is 1.42 bits per heavy atom. The van der Waals surface area contributed by atoms with E-state index in [-0.39, 0.29) is 18.4 Å². The Hall–Kier alpha value is -2.34. The van der Waals surface area contributed by atoms with E-state index in [0.717, 1.165) is 16.5 Å². The fraction of sp³-hybridized carbons (Fsp3) is 0.444. The van der Waals surface area contributed by atoms with Crippen LogP contribution in [0.4, 0.5) is 0 Å². The second kappa shape index (κ2) is 7.05. The first-order valence-electron chi connectivity index (χ1n) is 8.21. The van der Waals surface area contributed by atoms with Gasteiger partial charge in [-0.3, -0.25) is 9.59 Å². The maximum absolute atomic E-state index is 12.6. The van der Waals surface area contributed by atoms with Gasteiger partial charge < -0.3 is 19.7 Å². The van der Waals surface area contributed by atoms with Gasteiger partial charge in [0, 0.05) is 30.1 Å². The molecule has 1 fully saturated rings. The normalized spacial score (nSPS) is 18.0. The van der Waals surface area contributed by atoms with Crippen molar-refractivity contribution in [1.29, 1.82) is 0 Å². The average molecular weight is 330 g/mol. The van der Waals surface area contributed by atoms with Crippen LogP contribution in [0.15, 0.2) is 24.4 Å². The number of amides is 1. The molecule has 0 unspecified atom stereocenters. The van der Waals surface area contributed by atoms with Crippen LogP contribution in [0.5, 0.6) is 0 Å². The highest BCUT2D eigenvalue weighted by Gasteiger charge is 2.28. The molecule has 0 bridgehead atoms. The van der Waals surface area contributed by atoms with Gasteiger partial charge in [-0.2, -0.15) is 0 Å². The van der Waals surface area contributed by atoms with E-state index in [2.05, 4.69) is 24.0 Å². The summed E-state index contributed by atoms with van der Waals surface area (Å²) in [4.78, 5) is 28.5. The second-order valence-electron chi connectivity index (χ2n) is 6.23. The number of hydrogen-bond acceptors (Lipinski definition) is 3. The molecule has 1 aromatic carbocycles. The first-order valence-corrected chi connectivity index (χ1v) is 8.21. The Bertz CT molecular complexity index is 753. The van der Waals surface area contributed by atoms with Crippen molar-refractivity contribution < 1.29 is 19.4 Å². The SMILES string of the molecule is Cc1cccc2c(CCC(=O)N3CCOC[C@H]3CC(=O)O)c[nH]c12. The number of fused-ring (bicyclic) bond motifs is 1. The molecule has 6 heteroatoms. The van der Waals surface area contributed by atoms with Crippen LogP contribution in [0.2, 0.25) is 0 Å². The zero-order chi connectivity index (χ0) is 17.1. The van der Waals surface area contributed by atoms with Crippen LogP contribution in [0.1, 0.15) is 24.0 Å². The van der Waals surface area contributed by atoms with Crippen molar-refractivity contribution in [2.45, 2.75) is 32.2 Å². The number of aliphatic carboxylic acids is 1. The summed E-state index contributed by atoms with van der Waals surface area (Å²) in [5.41, 5.74) is 3.40. The largest absolute Gasteiger partial charge is 0.481 e. The van der Waals surface area contributed by atoms with Crippen LogP contribution in [0, 0.1) is 6.92 Å². The number of rotatable bonds is 5. The van der Waals surface area contributed by atoms with Crippen molar-refractivity contribution in [3.8, 4) is 0 Å². The van der Waals surface area contributed by atoms with Crippen molar-refractivity contribution in [3.63, 3.8) is 0 Å². The predicted octanol–water partition coefficient (Wildman–Crippen LogP) is 2.11. The van der Waals surface area contributed by atoms with Crippen molar-refractivity contribution in [3.05, 3.63) is 35.5 Å². The summed E-state index contributed by atoms with van der Waals surface area (Å²) in [5.74, 6) is -0.915. The minimum absolute atomic E-state index is 0.00782. The van der Waals surface area contributed by atoms with E-state index in [9.17, 15) is 9.59 Å². The highest BCUT2D eigenvalue weighted by atomic mass is 16.5. The lowest BCUT2D eigenvalue weighted by Gasteiger charge is -2.35. The lowest BCUT2D eigenvalue weighted by molar-refractivity contribution is -0.146. The van der Waals surface area contributed by atoms with Crippen LogP contribution in [-0.4, -0.2) is 52.7 Å². The van der Waals surface area contributed by atoms with Gasteiger partial charge in [-0.15, -0.1) is 0 Å². The predicted molar refractivity (Wildman–Crippen MR) is 89.9 cm³/mol. The molecule has 0 saturated carbocycles. The van der Waals surface area contributed by atoms with Gasteiger partial charge >= 0.3 is 5.97 Å². The molecule has 1 aromatic heterocycles. The second-order valence-corrected chi connectivity index (χ2v) is 6.23. The number of benzene rings is 1. The number of carboxylic acid groups (broad SMARTS) is 1. The van der Waals surface area contributed by atoms with Crippen LogP contribution < -0.4 is 0 Å². The van der Waals surface area contributed by atoms with Crippen molar-refractivity contribution in [1.82, 2.24) is 9.88 Å². The van der Waals surface area contributed by atoms with E-state index in [4.69, 9.17) is 9.84 Å². The van der Waals surface area contributed by atoms with Crippen LogP contribution in [0.3, 0.4) is 0 Å². The van der Waals surface area contributed by atoms with Gasteiger partial charge in [0.25, 0.3) is 0 Å². The number of nitrogens with one attached hydrogen (secondary N) is 1. The molecular formula is C18H22N2O4. The summed E-state index contributed by atoms with van der Waals surface area (Å²) in [6.07, 6.45) is 2.90. The summed E-state index contributed by atoms with van der Waals surface area (Å²) < 4.78 is 5.32. The minimum Gasteiger partial charge on any atom is -0.481 e. The quantitative estimate of drug-likeness (QED) is 0.879. The number of carbonyl (C=O) groups excluding carboxylic acids is 1.